The van der Waals surface area contributed by atoms with Gasteiger partial charge in [-0.1, -0.05) is 41.7 Å². The van der Waals surface area contributed by atoms with Crippen molar-refractivity contribution in [2.75, 3.05) is 18.1 Å². The highest BCUT2D eigenvalue weighted by molar-refractivity contribution is 7.07. The maximum Gasteiger partial charge on any atom is 0.338 e. The summed E-state index contributed by atoms with van der Waals surface area (Å²) in [5.41, 5.74) is 2.47. The molecular weight excluding hydrogens is 469 g/mol. The molecule has 0 saturated heterocycles. The molecule has 0 bridgehead atoms. The average molecular weight is 492 g/mol. The summed E-state index contributed by atoms with van der Waals surface area (Å²) in [6, 6.07) is 12.1. The number of carbonyl (C=O) groups is 2. The second-order valence-corrected chi connectivity index (χ2v) is 9.09. The topological polar surface area (TPSA) is 81.0 Å². The third-order valence-electron chi connectivity index (χ3n) is 6.14. The Bertz CT molecular complexity index is 1580. The Labute approximate surface area is 204 Å². The molecule has 0 aliphatic carbocycles. The van der Waals surface area contributed by atoms with Crippen LogP contribution in [0.3, 0.4) is 0 Å². The van der Waals surface area contributed by atoms with Crippen LogP contribution in [0.15, 0.2) is 69.6 Å². The number of ether oxygens (including phenoxy) is 1. The highest BCUT2D eigenvalue weighted by Crippen LogP contribution is 2.35. The Morgan fingerprint density at radius 3 is 2.51 bits per heavy atom. The van der Waals surface area contributed by atoms with E-state index in [-0.39, 0.29) is 22.6 Å². The number of amides is 1. The molecular formula is C26H22FN3O4S. The first kappa shape index (κ1) is 22.9. The maximum absolute atomic E-state index is 13.9. The second kappa shape index (κ2) is 8.74. The molecule has 35 heavy (non-hydrogen) atoms. The summed E-state index contributed by atoms with van der Waals surface area (Å²) >= 11 is 1.11. The SMILES string of the molecule is CCOC(=O)C1=C(C)N=c2sc(=C3C(=O)N(CC)c4ccccc43)c(=O)n2C1c1ccc(F)cc1. The van der Waals surface area contributed by atoms with E-state index in [9.17, 15) is 18.8 Å². The molecule has 0 saturated carbocycles. The number of para-hydroxylation sites is 1. The summed E-state index contributed by atoms with van der Waals surface area (Å²) in [6.07, 6.45) is 0. The molecule has 9 heteroatoms. The molecule has 1 unspecified atom stereocenters. The van der Waals surface area contributed by atoms with Crippen molar-refractivity contribution in [2.24, 2.45) is 4.99 Å². The van der Waals surface area contributed by atoms with Crippen molar-refractivity contribution in [3.63, 3.8) is 0 Å². The summed E-state index contributed by atoms with van der Waals surface area (Å²) in [4.78, 5) is 46.8. The molecule has 1 atom stereocenters. The van der Waals surface area contributed by atoms with Gasteiger partial charge < -0.3 is 9.64 Å². The van der Waals surface area contributed by atoms with E-state index in [1.165, 1.54) is 28.8 Å². The molecule has 178 valence electrons. The molecule has 1 amide bonds. The number of fused-ring (bicyclic) bond motifs is 2. The van der Waals surface area contributed by atoms with Gasteiger partial charge in [0.15, 0.2) is 4.80 Å². The van der Waals surface area contributed by atoms with Crippen molar-refractivity contribution in [1.29, 1.82) is 0 Å². The molecule has 0 N–H and O–H groups in total. The summed E-state index contributed by atoms with van der Waals surface area (Å²) < 4.78 is 20.6. The van der Waals surface area contributed by atoms with Gasteiger partial charge in [-0.05, 0) is 44.5 Å². The molecule has 3 heterocycles. The highest BCUT2D eigenvalue weighted by Gasteiger charge is 2.36. The van der Waals surface area contributed by atoms with Crippen molar-refractivity contribution in [1.82, 2.24) is 4.57 Å². The third-order valence-corrected chi connectivity index (χ3v) is 7.20. The number of esters is 1. The van der Waals surface area contributed by atoms with Crippen molar-refractivity contribution < 1.29 is 18.7 Å². The lowest BCUT2D eigenvalue weighted by Gasteiger charge is -2.24. The molecule has 0 fully saturated rings. The first-order chi connectivity index (χ1) is 16.9. The zero-order valence-electron chi connectivity index (χ0n) is 19.4. The van der Waals surface area contributed by atoms with Gasteiger partial charge in [0, 0.05) is 12.1 Å². The number of likely N-dealkylation sites (N-methyl/N-ethyl adjacent to an activating group) is 1. The lowest BCUT2D eigenvalue weighted by atomic mass is 9.96. The smallest absolute Gasteiger partial charge is 0.338 e. The Kier molecular flexibility index (Phi) is 5.72. The van der Waals surface area contributed by atoms with Crippen molar-refractivity contribution in [3.8, 4) is 0 Å². The van der Waals surface area contributed by atoms with Gasteiger partial charge in [-0.15, -0.1) is 0 Å². The van der Waals surface area contributed by atoms with Crippen LogP contribution >= 0.6 is 11.3 Å². The van der Waals surface area contributed by atoms with Gasteiger partial charge in [-0.3, -0.25) is 14.2 Å². The standard InChI is InChI=1S/C26H22FN3O4S/c1-4-29-18-9-7-6-8-17(18)20(23(29)31)22-24(32)30-21(15-10-12-16(27)13-11-15)19(25(33)34-5-2)14(3)28-26(30)35-22/h6-13,21H,4-5H2,1-3H3. The number of halogens is 1. The van der Waals surface area contributed by atoms with Gasteiger partial charge in [0.2, 0.25) is 0 Å². The Balaban J connectivity index is 1.83. The van der Waals surface area contributed by atoms with Gasteiger partial charge in [-0.2, -0.15) is 0 Å². The molecule has 0 radical (unpaired) electrons. The highest BCUT2D eigenvalue weighted by atomic mass is 32.1. The predicted octanol–water partition coefficient (Wildman–Crippen LogP) is 2.67. The predicted molar refractivity (Wildman–Crippen MR) is 130 cm³/mol. The summed E-state index contributed by atoms with van der Waals surface area (Å²) in [6.45, 7) is 5.86. The molecule has 5 rings (SSSR count). The minimum absolute atomic E-state index is 0.151. The number of carbonyl (C=O) groups excluding carboxylic acids is 2. The monoisotopic (exact) mass is 491 g/mol. The van der Waals surface area contributed by atoms with E-state index in [1.807, 2.05) is 31.2 Å². The summed E-state index contributed by atoms with van der Waals surface area (Å²) in [5.74, 6) is -1.28. The second-order valence-electron chi connectivity index (χ2n) is 8.12. The normalized spacial score (nSPS) is 18.3. The average Bonchev–Trinajstić information content (AvgIpc) is 3.31. The number of aromatic nitrogens is 1. The minimum Gasteiger partial charge on any atom is -0.463 e. The van der Waals surface area contributed by atoms with Crippen LogP contribution in [0.4, 0.5) is 10.1 Å². The summed E-state index contributed by atoms with van der Waals surface area (Å²) in [5, 5.41) is 0. The molecule has 7 nitrogen and oxygen atoms in total. The zero-order chi connectivity index (χ0) is 24.9. The Hall–Kier alpha value is -3.85. The van der Waals surface area contributed by atoms with Crippen LogP contribution in [0.1, 0.15) is 37.9 Å². The van der Waals surface area contributed by atoms with Crippen LogP contribution in [0.5, 0.6) is 0 Å². The molecule has 2 aliphatic heterocycles. The first-order valence-corrected chi connectivity index (χ1v) is 12.1. The summed E-state index contributed by atoms with van der Waals surface area (Å²) in [7, 11) is 0. The fraction of sp³-hybridized carbons (Fsp3) is 0.231. The van der Waals surface area contributed by atoms with Crippen LogP contribution in [0.2, 0.25) is 0 Å². The molecule has 1 aromatic heterocycles. The lowest BCUT2D eigenvalue weighted by molar-refractivity contribution is -0.139. The Morgan fingerprint density at radius 1 is 1.11 bits per heavy atom. The fourth-order valence-electron chi connectivity index (χ4n) is 4.62. The van der Waals surface area contributed by atoms with E-state index >= 15 is 0 Å². The lowest BCUT2D eigenvalue weighted by Crippen LogP contribution is -2.41. The fourth-order valence-corrected chi connectivity index (χ4v) is 5.75. The minimum atomic E-state index is -0.866. The largest absolute Gasteiger partial charge is 0.463 e. The number of thiazole rings is 1. The number of anilines is 1. The van der Waals surface area contributed by atoms with Crippen LogP contribution < -0.4 is 19.8 Å². The van der Waals surface area contributed by atoms with Gasteiger partial charge in [0.05, 0.1) is 35.2 Å². The van der Waals surface area contributed by atoms with Gasteiger partial charge in [0.25, 0.3) is 11.5 Å². The number of rotatable bonds is 4. The van der Waals surface area contributed by atoms with Gasteiger partial charge in [0.1, 0.15) is 10.3 Å². The number of benzene rings is 2. The van der Waals surface area contributed by atoms with E-state index in [0.29, 0.717) is 33.7 Å². The molecule has 2 aliphatic rings. The molecule has 2 aromatic carbocycles. The molecule has 0 spiro atoms. The quantitative estimate of drug-likeness (QED) is 0.526. The van der Waals surface area contributed by atoms with Crippen molar-refractivity contribution in [2.45, 2.75) is 26.8 Å². The van der Waals surface area contributed by atoms with E-state index in [0.717, 1.165) is 17.0 Å². The first-order valence-electron chi connectivity index (χ1n) is 11.3. The number of nitrogens with zero attached hydrogens (tertiary/aromatic N) is 3. The molecule has 3 aromatic rings. The third kappa shape index (κ3) is 3.54. The van der Waals surface area contributed by atoms with E-state index < -0.39 is 23.4 Å². The number of hydrogen-bond donors (Lipinski definition) is 0. The maximum atomic E-state index is 13.9. The van der Waals surface area contributed by atoms with Gasteiger partial charge in [-0.25, -0.2) is 14.2 Å². The zero-order valence-corrected chi connectivity index (χ0v) is 20.2. The van der Waals surface area contributed by atoms with E-state index in [4.69, 9.17) is 4.74 Å². The van der Waals surface area contributed by atoms with Crippen LogP contribution in [-0.2, 0) is 14.3 Å². The van der Waals surface area contributed by atoms with Crippen LogP contribution in [-0.4, -0.2) is 29.6 Å². The van der Waals surface area contributed by atoms with Crippen LogP contribution in [0, 0.1) is 5.82 Å². The van der Waals surface area contributed by atoms with Gasteiger partial charge >= 0.3 is 5.97 Å². The Morgan fingerprint density at radius 2 is 1.83 bits per heavy atom. The number of hydrogen-bond acceptors (Lipinski definition) is 6. The van der Waals surface area contributed by atoms with Crippen molar-refractivity contribution >= 4 is 34.5 Å². The van der Waals surface area contributed by atoms with Crippen LogP contribution in [0.25, 0.3) is 5.57 Å². The van der Waals surface area contributed by atoms with Crippen molar-refractivity contribution in [3.05, 3.63) is 96.4 Å². The van der Waals surface area contributed by atoms with E-state index in [2.05, 4.69) is 4.99 Å². The number of allylic oxidation sites excluding steroid dienone is 1. The van der Waals surface area contributed by atoms with E-state index in [1.54, 1.807) is 18.7 Å².